The summed E-state index contributed by atoms with van der Waals surface area (Å²) >= 11 is 0. The quantitative estimate of drug-likeness (QED) is 0.171. The van der Waals surface area contributed by atoms with Gasteiger partial charge in [0.2, 0.25) is 5.89 Å². The lowest BCUT2D eigenvalue weighted by Gasteiger charge is -2.11. The summed E-state index contributed by atoms with van der Waals surface area (Å²) in [6, 6.07) is 64.6. The predicted molar refractivity (Wildman–Crippen MR) is 226 cm³/mol. The number of rotatable bonds is 6. The molecule has 3 aromatic heterocycles. The van der Waals surface area contributed by atoms with E-state index in [2.05, 4.69) is 102 Å². The van der Waals surface area contributed by atoms with Crippen molar-refractivity contribution in [3.05, 3.63) is 188 Å². The molecule has 0 saturated heterocycles. The Balaban J connectivity index is 1.05. The molecule has 0 amide bonds. The normalized spacial score (nSPS) is 11.6. The van der Waals surface area contributed by atoms with Crippen LogP contribution >= 0.6 is 0 Å². The van der Waals surface area contributed by atoms with E-state index in [9.17, 15) is 0 Å². The van der Waals surface area contributed by atoms with Crippen molar-refractivity contribution in [2.45, 2.75) is 0 Å². The van der Waals surface area contributed by atoms with Crippen LogP contribution in [0.25, 0.3) is 106 Å². The Labute approximate surface area is 322 Å². The molecule has 6 nitrogen and oxygen atoms in total. The standard InChI is InChI=1S/C50H31N5O/c1-4-14-34(15-5-1)47-52-48(35-16-6-2-7-17-35)54-49(53-47)36-25-23-32(24-26-36)38-20-12-21-39(31-38)55-43-30-27-33-13-10-11-22-40(33)44(43)41-28-29-42-46(45(41)55)56-50(51-42)37-18-8-3-9-19-37/h1-31H. The van der Waals surface area contributed by atoms with Crippen molar-refractivity contribution in [2.75, 3.05) is 0 Å². The monoisotopic (exact) mass is 717 g/mol. The molecular formula is C50H31N5O. The van der Waals surface area contributed by atoms with E-state index in [1.54, 1.807) is 0 Å². The Hall–Kier alpha value is -7.70. The molecule has 0 aliphatic rings. The van der Waals surface area contributed by atoms with Gasteiger partial charge < -0.3 is 8.98 Å². The summed E-state index contributed by atoms with van der Waals surface area (Å²) < 4.78 is 9.00. The number of nitrogens with zero attached hydrogens (tertiary/aromatic N) is 5. The van der Waals surface area contributed by atoms with Crippen molar-refractivity contribution in [3.63, 3.8) is 0 Å². The highest BCUT2D eigenvalue weighted by Gasteiger charge is 2.21. The lowest BCUT2D eigenvalue weighted by atomic mass is 10.0. The third-order valence-corrected chi connectivity index (χ3v) is 10.5. The van der Waals surface area contributed by atoms with Crippen molar-refractivity contribution in [1.82, 2.24) is 24.5 Å². The van der Waals surface area contributed by atoms with Crippen LogP contribution in [-0.4, -0.2) is 24.5 Å². The number of fused-ring (bicyclic) bond motifs is 7. The zero-order valence-corrected chi connectivity index (χ0v) is 30.0. The predicted octanol–water partition coefficient (Wildman–Crippen LogP) is 12.6. The van der Waals surface area contributed by atoms with Gasteiger partial charge in [-0.2, -0.15) is 0 Å². The second-order valence-corrected chi connectivity index (χ2v) is 13.9. The van der Waals surface area contributed by atoms with E-state index in [1.807, 2.05) is 91.0 Å². The summed E-state index contributed by atoms with van der Waals surface area (Å²) in [4.78, 5) is 19.7. The van der Waals surface area contributed by atoms with E-state index >= 15 is 0 Å². The van der Waals surface area contributed by atoms with E-state index in [1.165, 1.54) is 16.2 Å². The number of hydrogen-bond donors (Lipinski definition) is 0. The highest BCUT2D eigenvalue weighted by molar-refractivity contribution is 6.25. The fraction of sp³-hybridized carbons (Fsp3) is 0. The summed E-state index contributed by atoms with van der Waals surface area (Å²) in [5.74, 6) is 2.51. The number of aromatic nitrogens is 5. The zero-order valence-electron chi connectivity index (χ0n) is 30.0. The maximum atomic E-state index is 6.67. The largest absolute Gasteiger partial charge is 0.434 e. The van der Waals surface area contributed by atoms with E-state index < -0.39 is 0 Å². The van der Waals surface area contributed by atoms with Crippen LogP contribution in [-0.2, 0) is 0 Å². The number of oxazole rings is 1. The van der Waals surface area contributed by atoms with Crippen LogP contribution in [0.5, 0.6) is 0 Å². The summed E-state index contributed by atoms with van der Waals surface area (Å²) in [6.45, 7) is 0. The van der Waals surface area contributed by atoms with Gasteiger partial charge in [-0.3, -0.25) is 0 Å². The molecule has 0 unspecified atom stereocenters. The van der Waals surface area contributed by atoms with Crippen molar-refractivity contribution >= 4 is 43.7 Å². The molecular weight excluding hydrogens is 687 g/mol. The molecule has 0 bridgehead atoms. The molecule has 3 heterocycles. The molecule has 11 aromatic rings. The Morgan fingerprint density at radius 2 is 0.964 bits per heavy atom. The summed E-state index contributed by atoms with van der Waals surface area (Å²) in [7, 11) is 0. The van der Waals surface area contributed by atoms with Gasteiger partial charge in [0.15, 0.2) is 23.1 Å². The van der Waals surface area contributed by atoms with Crippen molar-refractivity contribution in [3.8, 4) is 62.4 Å². The molecule has 8 aromatic carbocycles. The topological polar surface area (TPSA) is 69.6 Å². The van der Waals surface area contributed by atoms with Gasteiger partial charge >= 0.3 is 0 Å². The summed E-state index contributed by atoms with van der Waals surface area (Å²) in [5, 5.41) is 4.71. The van der Waals surface area contributed by atoms with Crippen LogP contribution in [0.3, 0.4) is 0 Å². The maximum absolute atomic E-state index is 6.67. The smallest absolute Gasteiger partial charge is 0.227 e. The third kappa shape index (κ3) is 5.35. The minimum absolute atomic E-state index is 0.605. The van der Waals surface area contributed by atoms with Crippen LogP contribution in [0, 0.1) is 0 Å². The van der Waals surface area contributed by atoms with Gasteiger partial charge in [-0.15, -0.1) is 0 Å². The Kier molecular flexibility index (Phi) is 7.38. The van der Waals surface area contributed by atoms with Gasteiger partial charge in [0.25, 0.3) is 0 Å². The molecule has 0 spiro atoms. The van der Waals surface area contributed by atoms with E-state index in [0.717, 1.165) is 66.6 Å². The van der Waals surface area contributed by atoms with E-state index in [0.29, 0.717) is 23.4 Å². The molecule has 56 heavy (non-hydrogen) atoms. The van der Waals surface area contributed by atoms with Crippen molar-refractivity contribution < 1.29 is 4.42 Å². The average molecular weight is 718 g/mol. The van der Waals surface area contributed by atoms with Gasteiger partial charge in [-0.05, 0) is 64.4 Å². The van der Waals surface area contributed by atoms with Gasteiger partial charge in [-0.25, -0.2) is 19.9 Å². The van der Waals surface area contributed by atoms with Gasteiger partial charge in [0.1, 0.15) is 5.52 Å². The molecule has 0 fully saturated rings. The van der Waals surface area contributed by atoms with Crippen molar-refractivity contribution in [2.24, 2.45) is 0 Å². The van der Waals surface area contributed by atoms with Gasteiger partial charge in [-0.1, -0.05) is 146 Å². The SMILES string of the molecule is c1ccc(-c2nc(-c3ccccc3)nc(-c3ccc(-c4cccc(-n5c6ccc7ccccc7c6c6ccc7nc(-c8ccccc8)oc7c65)c4)cc3)n2)cc1. The highest BCUT2D eigenvalue weighted by atomic mass is 16.3. The van der Waals surface area contributed by atoms with Crippen LogP contribution in [0.1, 0.15) is 0 Å². The third-order valence-electron chi connectivity index (χ3n) is 10.5. The first-order valence-corrected chi connectivity index (χ1v) is 18.6. The Bertz CT molecular complexity index is 3170. The molecule has 0 aliphatic heterocycles. The number of hydrogen-bond acceptors (Lipinski definition) is 5. The van der Waals surface area contributed by atoms with Crippen molar-refractivity contribution in [1.29, 1.82) is 0 Å². The first-order chi connectivity index (χ1) is 27.7. The minimum Gasteiger partial charge on any atom is -0.434 e. The molecule has 11 rings (SSSR count). The summed E-state index contributed by atoms with van der Waals surface area (Å²) in [5.41, 5.74) is 10.6. The zero-order chi connectivity index (χ0) is 37.0. The first-order valence-electron chi connectivity index (χ1n) is 18.6. The van der Waals surface area contributed by atoms with Crippen LogP contribution in [0.15, 0.2) is 192 Å². The van der Waals surface area contributed by atoms with Gasteiger partial charge in [0.05, 0.1) is 11.0 Å². The fourth-order valence-corrected chi connectivity index (χ4v) is 7.80. The van der Waals surface area contributed by atoms with Crippen LogP contribution < -0.4 is 0 Å². The molecule has 0 atom stereocenters. The molecule has 0 radical (unpaired) electrons. The molecule has 0 N–H and O–H groups in total. The van der Waals surface area contributed by atoms with Crippen LogP contribution in [0.4, 0.5) is 0 Å². The highest BCUT2D eigenvalue weighted by Crippen LogP contribution is 2.41. The minimum atomic E-state index is 0.605. The second kappa shape index (κ2) is 13.0. The maximum Gasteiger partial charge on any atom is 0.227 e. The molecule has 0 aliphatic carbocycles. The van der Waals surface area contributed by atoms with Gasteiger partial charge in [0, 0.05) is 38.7 Å². The van der Waals surface area contributed by atoms with Crippen LogP contribution in [0.2, 0.25) is 0 Å². The molecule has 262 valence electrons. The lowest BCUT2D eigenvalue weighted by molar-refractivity contribution is 0.622. The van der Waals surface area contributed by atoms with E-state index in [4.69, 9.17) is 24.4 Å². The molecule has 0 saturated carbocycles. The summed E-state index contributed by atoms with van der Waals surface area (Å²) in [6.07, 6.45) is 0. The average Bonchev–Trinajstić information content (AvgIpc) is 3.87. The second-order valence-electron chi connectivity index (χ2n) is 13.9. The molecule has 6 heteroatoms. The Morgan fingerprint density at radius 1 is 0.393 bits per heavy atom. The Morgan fingerprint density at radius 3 is 1.64 bits per heavy atom. The lowest BCUT2D eigenvalue weighted by Crippen LogP contribution is -2.00. The fourth-order valence-electron chi connectivity index (χ4n) is 7.80. The first kappa shape index (κ1) is 31.8. The van der Waals surface area contributed by atoms with E-state index in [-0.39, 0.29) is 0 Å². The number of benzene rings is 8.